The summed E-state index contributed by atoms with van der Waals surface area (Å²) >= 11 is 12.1. The molecule has 2 rings (SSSR count). The van der Waals surface area contributed by atoms with E-state index in [1.807, 2.05) is 13.8 Å². The van der Waals surface area contributed by atoms with Crippen LogP contribution in [0.5, 0.6) is 0 Å². The molecule has 1 heterocycles. The van der Waals surface area contributed by atoms with E-state index in [2.05, 4.69) is 0 Å². The van der Waals surface area contributed by atoms with Gasteiger partial charge in [0.25, 0.3) is 5.56 Å². The number of benzene rings is 1. The van der Waals surface area contributed by atoms with Crippen LogP contribution >= 0.6 is 23.2 Å². The second-order valence-electron chi connectivity index (χ2n) is 4.57. The summed E-state index contributed by atoms with van der Waals surface area (Å²) in [5.41, 5.74) is 7.19. The SMILES string of the molecule is CC(C)n1c(-c2ccc(Cl)cc2Cl)ccc(N)c1=O. The number of hydrogen-bond acceptors (Lipinski definition) is 2. The first-order valence-corrected chi connectivity index (χ1v) is 6.64. The first-order chi connectivity index (χ1) is 8.91. The zero-order valence-corrected chi connectivity index (χ0v) is 12.2. The molecule has 19 heavy (non-hydrogen) atoms. The van der Waals surface area contributed by atoms with Gasteiger partial charge in [-0.05, 0) is 44.2 Å². The molecule has 3 nitrogen and oxygen atoms in total. The van der Waals surface area contributed by atoms with Gasteiger partial charge in [0.2, 0.25) is 0 Å². The number of pyridine rings is 1. The van der Waals surface area contributed by atoms with Crippen LogP contribution in [0.2, 0.25) is 10.0 Å². The number of aromatic nitrogens is 1. The number of nitrogens with two attached hydrogens (primary N) is 1. The Balaban J connectivity index is 2.76. The molecule has 0 fully saturated rings. The summed E-state index contributed by atoms with van der Waals surface area (Å²) < 4.78 is 1.63. The molecule has 0 saturated carbocycles. The van der Waals surface area contributed by atoms with Gasteiger partial charge in [-0.15, -0.1) is 0 Å². The van der Waals surface area contributed by atoms with Crippen LogP contribution in [0.4, 0.5) is 5.69 Å². The summed E-state index contributed by atoms with van der Waals surface area (Å²) in [7, 11) is 0. The number of nitrogens with zero attached hydrogens (tertiary/aromatic N) is 1. The topological polar surface area (TPSA) is 48.0 Å². The molecule has 0 unspecified atom stereocenters. The molecule has 0 aliphatic rings. The molecule has 0 spiro atoms. The molecular formula is C14H14Cl2N2O. The molecule has 0 radical (unpaired) electrons. The lowest BCUT2D eigenvalue weighted by molar-refractivity contribution is 0.586. The van der Waals surface area contributed by atoms with Crippen molar-refractivity contribution in [3.05, 3.63) is 50.7 Å². The van der Waals surface area contributed by atoms with E-state index in [4.69, 9.17) is 28.9 Å². The third-order valence-corrected chi connectivity index (χ3v) is 3.42. The van der Waals surface area contributed by atoms with E-state index in [9.17, 15) is 4.79 Å². The Morgan fingerprint density at radius 3 is 2.42 bits per heavy atom. The highest BCUT2D eigenvalue weighted by atomic mass is 35.5. The highest BCUT2D eigenvalue weighted by Gasteiger charge is 2.14. The van der Waals surface area contributed by atoms with Crippen molar-refractivity contribution in [1.82, 2.24) is 4.57 Å². The first-order valence-electron chi connectivity index (χ1n) is 5.88. The summed E-state index contributed by atoms with van der Waals surface area (Å²) in [5.74, 6) is 0. The zero-order chi connectivity index (χ0) is 14.2. The van der Waals surface area contributed by atoms with Gasteiger partial charge >= 0.3 is 0 Å². The quantitative estimate of drug-likeness (QED) is 0.911. The third kappa shape index (κ3) is 2.62. The predicted octanol–water partition coefficient (Wildman–Crippen LogP) is 3.99. The Labute approximate surface area is 121 Å². The molecule has 0 amide bonds. The lowest BCUT2D eigenvalue weighted by atomic mass is 10.1. The van der Waals surface area contributed by atoms with Crippen molar-refractivity contribution >= 4 is 28.9 Å². The number of anilines is 1. The van der Waals surface area contributed by atoms with Crippen LogP contribution in [-0.4, -0.2) is 4.57 Å². The van der Waals surface area contributed by atoms with Gasteiger partial charge < -0.3 is 10.3 Å². The number of hydrogen-bond donors (Lipinski definition) is 1. The second-order valence-corrected chi connectivity index (χ2v) is 5.41. The molecule has 0 bridgehead atoms. The van der Waals surface area contributed by atoms with Crippen molar-refractivity contribution in [3.63, 3.8) is 0 Å². The van der Waals surface area contributed by atoms with Gasteiger partial charge in [-0.25, -0.2) is 0 Å². The van der Waals surface area contributed by atoms with Crippen LogP contribution in [0.1, 0.15) is 19.9 Å². The smallest absolute Gasteiger partial charge is 0.274 e. The van der Waals surface area contributed by atoms with Gasteiger partial charge in [-0.2, -0.15) is 0 Å². The Morgan fingerprint density at radius 2 is 1.84 bits per heavy atom. The van der Waals surface area contributed by atoms with Gasteiger partial charge in [0.15, 0.2) is 0 Å². The van der Waals surface area contributed by atoms with E-state index in [-0.39, 0.29) is 17.3 Å². The largest absolute Gasteiger partial charge is 0.394 e. The van der Waals surface area contributed by atoms with E-state index in [0.29, 0.717) is 10.0 Å². The standard InChI is InChI=1S/C14H14Cl2N2O/c1-8(2)18-13(6-5-12(17)14(18)19)10-4-3-9(15)7-11(10)16/h3-8H,17H2,1-2H3. The number of rotatable bonds is 2. The van der Waals surface area contributed by atoms with Gasteiger partial charge in [0.1, 0.15) is 0 Å². The van der Waals surface area contributed by atoms with Gasteiger partial charge in [0.05, 0.1) is 16.4 Å². The molecule has 1 aromatic heterocycles. The summed E-state index contributed by atoms with van der Waals surface area (Å²) in [5, 5.41) is 1.06. The van der Waals surface area contributed by atoms with Crippen molar-refractivity contribution in [2.75, 3.05) is 5.73 Å². The van der Waals surface area contributed by atoms with E-state index in [0.717, 1.165) is 11.3 Å². The van der Waals surface area contributed by atoms with E-state index < -0.39 is 0 Å². The van der Waals surface area contributed by atoms with E-state index in [1.165, 1.54) is 0 Å². The molecule has 0 aliphatic carbocycles. The minimum absolute atomic E-state index is 0.0160. The first kappa shape index (κ1) is 14.0. The van der Waals surface area contributed by atoms with E-state index >= 15 is 0 Å². The van der Waals surface area contributed by atoms with Gasteiger partial charge in [-0.3, -0.25) is 4.79 Å². The van der Waals surface area contributed by atoms with Crippen LogP contribution < -0.4 is 11.3 Å². The minimum atomic E-state index is -0.210. The fraction of sp³-hybridized carbons (Fsp3) is 0.214. The molecule has 0 saturated heterocycles. The van der Waals surface area contributed by atoms with Crippen molar-refractivity contribution in [2.45, 2.75) is 19.9 Å². The third-order valence-electron chi connectivity index (χ3n) is 2.87. The Morgan fingerprint density at radius 1 is 1.16 bits per heavy atom. The molecule has 100 valence electrons. The van der Waals surface area contributed by atoms with Crippen LogP contribution in [0.15, 0.2) is 35.1 Å². The van der Waals surface area contributed by atoms with E-state index in [1.54, 1.807) is 34.9 Å². The fourth-order valence-corrected chi connectivity index (χ4v) is 2.50. The molecule has 1 aromatic carbocycles. The maximum absolute atomic E-state index is 12.2. The Hall–Kier alpha value is -1.45. The van der Waals surface area contributed by atoms with Crippen LogP contribution in [0, 0.1) is 0 Å². The molecule has 2 N–H and O–H groups in total. The zero-order valence-electron chi connectivity index (χ0n) is 10.7. The summed E-state index contributed by atoms with van der Waals surface area (Å²) in [4.78, 5) is 12.2. The summed E-state index contributed by atoms with van der Waals surface area (Å²) in [6, 6.07) is 8.58. The molecule has 2 aromatic rings. The summed E-state index contributed by atoms with van der Waals surface area (Å²) in [6.45, 7) is 3.85. The minimum Gasteiger partial charge on any atom is -0.394 e. The highest BCUT2D eigenvalue weighted by Crippen LogP contribution is 2.31. The second kappa shape index (κ2) is 5.27. The van der Waals surface area contributed by atoms with Crippen LogP contribution in [0.25, 0.3) is 11.3 Å². The normalized spacial score (nSPS) is 11.0. The lowest BCUT2D eigenvalue weighted by Crippen LogP contribution is -2.25. The molecule has 0 atom stereocenters. The van der Waals surface area contributed by atoms with Crippen LogP contribution in [0.3, 0.4) is 0 Å². The van der Waals surface area contributed by atoms with Gasteiger partial charge in [0, 0.05) is 16.6 Å². The Bertz CT molecular complexity index is 678. The average Bonchev–Trinajstić information content (AvgIpc) is 2.32. The number of halogens is 2. The summed E-state index contributed by atoms with van der Waals surface area (Å²) in [6.07, 6.45) is 0. The molecular weight excluding hydrogens is 283 g/mol. The van der Waals surface area contributed by atoms with Gasteiger partial charge in [-0.1, -0.05) is 23.2 Å². The van der Waals surface area contributed by atoms with Crippen LogP contribution in [-0.2, 0) is 0 Å². The lowest BCUT2D eigenvalue weighted by Gasteiger charge is -2.18. The monoisotopic (exact) mass is 296 g/mol. The maximum atomic E-state index is 12.2. The predicted molar refractivity (Wildman–Crippen MR) is 81.0 cm³/mol. The van der Waals surface area contributed by atoms with Crippen molar-refractivity contribution in [3.8, 4) is 11.3 Å². The number of nitrogen functional groups attached to an aromatic ring is 1. The fourth-order valence-electron chi connectivity index (χ4n) is 2.00. The van der Waals surface area contributed by atoms with Crippen molar-refractivity contribution in [2.24, 2.45) is 0 Å². The highest BCUT2D eigenvalue weighted by molar-refractivity contribution is 6.36. The van der Waals surface area contributed by atoms with Crippen molar-refractivity contribution in [1.29, 1.82) is 0 Å². The maximum Gasteiger partial charge on any atom is 0.274 e. The Kier molecular flexibility index (Phi) is 3.88. The average molecular weight is 297 g/mol. The molecule has 5 heteroatoms. The van der Waals surface area contributed by atoms with Crippen molar-refractivity contribution < 1.29 is 0 Å². The molecule has 0 aliphatic heterocycles.